The number of fused-ring (bicyclic) bond motifs is 1. The van der Waals surface area contributed by atoms with E-state index in [4.69, 9.17) is 0 Å². The molecule has 1 aromatic carbocycles. The fourth-order valence-corrected chi connectivity index (χ4v) is 5.08. The first kappa shape index (κ1) is 20.1. The largest absolute Gasteiger partial charge is 0.355 e. The van der Waals surface area contributed by atoms with Gasteiger partial charge in [0.25, 0.3) is 0 Å². The maximum Gasteiger partial charge on any atom is 0.227 e. The zero-order valence-electron chi connectivity index (χ0n) is 14.0. The molecule has 1 saturated carbocycles. The van der Waals surface area contributed by atoms with E-state index < -0.39 is 15.7 Å². The topological polar surface area (TPSA) is 75.3 Å². The van der Waals surface area contributed by atoms with Crippen molar-refractivity contribution < 1.29 is 17.6 Å². The van der Waals surface area contributed by atoms with Crippen molar-refractivity contribution in [1.82, 2.24) is 10.6 Å². The van der Waals surface area contributed by atoms with Crippen molar-refractivity contribution >= 4 is 28.2 Å². The zero-order chi connectivity index (χ0) is 17.2. The van der Waals surface area contributed by atoms with Crippen LogP contribution in [-0.4, -0.2) is 39.7 Å². The number of halogens is 2. The van der Waals surface area contributed by atoms with Crippen LogP contribution in [-0.2, 0) is 14.6 Å². The van der Waals surface area contributed by atoms with Gasteiger partial charge in [-0.2, -0.15) is 0 Å². The Morgan fingerprint density at radius 3 is 2.72 bits per heavy atom. The predicted molar refractivity (Wildman–Crippen MR) is 96.0 cm³/mol. The first-order valence-corrected chi connectivity index (χ1v) is 10.1. The van der Waals surface area contributed by atoms with Crippen LogP contribution in [0.3, 0.4) is 0 Å². The fraction of sp³-hybridized carbons (Fsp3) is 0.588. The molecule has 1 aliphatic heterocycles. The molecule has 5 nitrogen and oxygen atoms in total. The SMILES string of the molecule is Cl.O=C(NCCS(=O)(=O)c1ccc(F)cc1)[C@@]12CCCC[C@H]1CNC2. The highest BCUT2D eigenvalue weighted by molar-refractivity contribution is 7.91. The molecule has 25 heavy (non-hydrogen) atoms. The number of rotatable bonds is 5. The predicted octanol–water partition coefficient (Wildman–Crippen LogP) is 1.92. The number of carbonyl (C=O) groups is 1. The lowest BCUT2D eigenvalue weighted by molar-refractivity contribution is -0.133. The van der Waals surface area contributed by atoms with E-state index in [1.165, 1.54) is 12.1 Å². The number of benzene rings is 1. The summed E-state index contributed by atoms with van der Waals surface area (Å²) in [4.78, 5) is 12.8. The van der Waals surface area contributed by atoms with Crippen molar-refractivity contribution in [3.8, 4) is 0 Å². The first-order valence-electron chi connectivity index (χ1n) is 8.41. The normalized spacial score (nSPS) is 25.7. The molecule has 1 aliphatic carbocycles. The Morgan fingerprint density at radius 1 is 1.28 bits per heavy atom. The van der Waals surface area contributed by atoms with Gasteiger partial charge in [0.2, 0.25) is 5.91 Å². The quantitative estimate of drug-likeness (QED) is 0.753. The number of amides is 1. The van der Waals surface area contributed by atoms with Crippen LogP contribution in [0.4, 0.5) is 4.39 Å². The van der Waals surface area contributed by atoms with E-state index in [1.807, 2.05) is 0 Å². The number of sulfone groups is 1. The van der Waals surface area contributed by atoms with Gasteiger partial charge in [0.15, 0.2) is 9.84 Å². The Hall–Kier alpha value is -1.18. The number of hydrogen-bond acceptors (Lipinski definition) is 4. The molecule has 8 heteroatoms. The van der Waals surface area contributed by atoms with Crippen molar-refractivity contribution in [3.63, 3.8) is 0 Å². The van der Waals surface area contributed by atoms with E-state index in [-0.39, 0.29) is 40.9 Å². The van der Waals surface area contributed by atoms with Crippen LogP contribution >= 0.6 is 12.4 Å². The number of carbonyl (C=O) groups excluding carboxylic acids is 1. The van der Waals surface area contributed by atoms with E-state index in [1.54, 1.807) is 0 Å². The highest BCUT2D eigenvalue weighted by atomic mass is 35.5. The van der Waals surface area contributed by atoms with Gasteiger partial charge in [0.1, 0.15) is 5.82 Å². The second kappa shape index (κ2) is 8.01. The summed E-state index contributed by atoms with van der Waals surface area (Å²) >= 11 is 0. The zero-order valence-corrected chi connectivity index (χ0v) is 15.6. The first-order chi connectivity index (χ1) is 11.4. The minimum absolute atomic E-state index is 0. The molecule has 1 aromatic rings. The lowest BCUT2D eigenvalue weighted by Crippen LogP contribution is -2.48. The Bertz CT molecular complexity index is 711. The Labute approximate surface area is 154 Å². The molecule has 1 saturated heterocycles. The smallest absolute Gasteiger partial charge is 0.227 e. The van der Waals surface area contributed by atoms with Gasteiger partial charge >= 0.3 is 0 Å². The Kier molecular flexibility index (Phi) is 6.45. The molecule has 1 amide bonds. The Balaban J connectivity index is 0.00000225. The van der Waals surface area contributed by atoms with Crippen LogP contribution in [0.25, 0.3) is 0 Å². The van der Waals surface area contributed by atoms with Gasteiger partial charge in [-0.15, -0.1) is 12.4 Å². The average molecular weight is 391 g/mol. The molecule has 140 valence electrons. The third kappa shape index (κ3) is 4.15. The molecule has 2 fully saturated rings. The van der Waals surface area contributed by atoms with E-state index in [0.717, 1.165) is 44.4 Å². The van der Waals surface area contributed by atoms with Crippen molar-refractivity contribution in [3.05, 3.63) is 30.1 Å². The van der Waals surface area contributed by atoms with Crippen molar-refractivity contribution in [2.75, 3.05) is 25.4 Å². The van der Waals surface area contributed by atoms with Crippen LogP contribution in [0.1, 0.15) is 25.7 Å². The summed E-state index contributed by atoms with van der Waals surface area (Å²) in [6, 6.07) is 4.76. The molecule has 2 atom stereocenters. The van der Waals surface area contributed by atoms with Gasteiger partial charge in [-0.3, -0.25) is 4.79 Å². The molecule has 2 N–H and O–H groups in total. The maximum absolute atomic E-state index is 12.9. The average Bonchev–Trinajstić information content (AvgIpc) is 3.00. The molecule has 2 aliphatic rings. The van der Waals surface area contributed by atoms with Gasteiger partial charge < -0.3 is 10.6 Å². The van der Waals surface area contributed by atoms with Crippen LogP contribution in [0.2, 0.25) is 0 Å². The number of nitrogens with one attached hydrogen (secondary N) is 2. The second-order valence-corrected chi connectivity index (χ2v) is 8.87. The fourth-order valence-electron chi connectivity index (χ4n) is 3.93. The summed E-state index contributed by atoms with van der Waals surface area (Å²) in [5, 5.41) is 6.13. The van der Waals surface area contributed by atoms with Crippen molar-refractivity contribution in [2.45, 2.75) is 30.6 Å². The summed E-state index contributed by atoms with van der Waals surface area (Å²) < 4.78 is 37.4. The molecule has 0 unspecified atom stereocenters. The van der Waals surface area contributed by atoms with Crippen LogP contribution < -0.4 is 10.6 Å². The van der Waals surface area contributed by atoms with E-state index in [2.05, 4.69) is 10.6 Å². The monoisotopic (exact) mass is 390 g/mol. The molecule has 1 heterocycles. The second-order valence-electron chi connectivity index (χ2n) is 6.76. The van der Waals surface area contributed by atoms with Gasteiger partial charge in [-0.05, 0) is 49.6 Å². The standard InChI is InChI=1S/C17H23FN2O3S.ClH/c18-14-4-6-15(7-5-14)24(22,23)10-9-20-16(21)17-8-2-1-3-13(17)11-19-12-17;/h4-7,13,19H,1-3,8-12H2,(H,20,21);1H/t13-,17+;/m0./s1. The van der Waals surface area contributed by atoms with Gasteiger partial charge in [-0.1, -0.05) is 12.8 Å². The molecular weight excluding hydrogens is 367 g/mol. The summed E-state index contributed by atoms with van der Waals surface area (Å²) in [5.41, 5.74) is -0.377. The third-order valence-corrected chi connectivity index (χ3v) is 7.05. The van der Waals surface area contributed by atoms with E-state index >= 15 is 0 Å². The minimum atomic E-state index is -3.52. The van der Waals surface area contributed by atoms with Crippen molar-refractivity contribution in [2.24, 2.45) is 11.3 Å². The van der Waals surface area contributed by atoms with Crippen molar-refractivity contribution in [1.29, 1.82) is 0 Å². The minimum Gasteiger partial charge on any atom is -0.355 e. The Morgan fingerprint density at radius 2 is 2.00 bits per heavy atom. The summed E-state index contributed by atoms with van der Waals surface area (Å²) in [7, 11) is -3.52. The van der Waals surface area contributed by atoms with Crippen LogP contribution in [0.5, 0.6) is 0 Å². The summed E-state index contributed by atoms with van der Waals surface area (Å²) in [6.45, 7) is 1.61. The van der Waals surface area contributed by atoms with Gasteiger partial charge in [-0.25, -0.2) is 12.8 Å². The summed E-state index contributed by atoms with van der Waals surface area (Å²) in [6.07, 6.45) is 4.11. The molecule has 0 bridgehead atoms. The van der Waals surface area contributed by atoms with Crippen LogP contribution in [0.15, 0.2) is 29.2 Å². The third-order valence-electron chi connectivity index (χ3n) is 5.32. The number of hydrogen-bond donors (Lipinski definition) is 2. The molecule has 0 aromatic heterocycles. The van der Waals surface area contributed by atoms with Gasteiger partial charge in [0, 0.05) is 13.1 Å². The molecular formula is C17H24ClFN2O3S. The molecule has 0 spiro atoms. The maximum atomic E-state index is 12.9. The lowest BCUT2D eigenvalue weighted by atomic mass is 9.67. The van der Waals surface area contributed by atoms with Crippen LogP contribution in [0, 0.1) is 17.2 Å². The molecule has 0 radical (unpaired) electrons. The lowest BCUT2D eigenvalue weighted by Gasteiger charge is -2.37. The van der Waals surface area contributed by atoms with E-state index in [0.29, 0.717) is 12.5 Å². The van der Waals surface area contributed by atoms with Gasteiger partial charge in [0.05, 0.1) is 16.1 Å². The highest BCUT2D eigenvalue weighted by Crippen LogP contribution is 2.43. The highest BCUT2D eigenvalue weighted by Gasteiger charge is 2.49. The molecule has 3 rings (SSSR count). The van der Waals surface area contributed by atoms with E-state index in [9.17, 15) is 17.6 Å². The summed E-state index contributed by atoms with van der Waals surface area (Å²) in [5.74, 6) is -0.344.